The molecule has 0 saturated heterocycles. The Bertz CT molecular complexity index is 882. The molecule has 1 fully saturated rings. The van der Waals surface area contributed by atoms with E-state index in [1.807, 2.05) is 12.1 Å². The minimum Gasteiger partial charge on any atom is -0.475 e. The first-order valence-electron chi connectivity index (χ1n) is 9.88. The third-order valence-electron chi connectivity index (χ3n) is 5.25. The first-order valence-corrected chi connectivity index (χ1v) is 9.88. The highest BCUT2D eigenvalue weighted by molar-refractivity contribution is 5.73. The van der Waals surface area contributed by atoms with E-state index in [0.29, 0.717) is 6.61 Å². The van der Waals surface area contributed by atoms with E-state index in [1.165, 1.54) is 30.7 Å². The van der Waals surface area contributed by atoms with E-state index in [-0.39, 0.29) is 11.9 Å². The number of aromatic nitrogens is 3. The normalized spacial score (nSPS) is 18.8. The maximum absolute atomic E-state index is 13.1. The van der Waals surface area contributed by atoms with Gasteiger partial charge in [-0.2, -0.15) is 13.2 Å². The van der Waals surface area contributed by atoms with E-state index in [2.05, 4.69) is 19.9 Å². The van der Waals surface area contributed by atoms with Gasteiger partial charge in [-0.15, -0.1) is 5.10 Å². The molecule has 1 aliphatic heterocycles. The summed E-state index contributed by atoms with van der Waals surface area (Å²) in [6, 6.07) is 6.83. The molecular formula is C20H24F4N4O3. The fourth-order valence-electron chi connectivity index (χ4n) is 3.49. The van der Waals surface area contributed by atoms with E-state index in [4.69, 9.17) is 14.6 Å². The Hall–Kier alpha value is -2.53. The topological polar surface area (TPSA) is 80.5 Å². The Labute approximate surface area is 176 Å². The average Bonchev–Trinajstić information content (AvgIpc) is 3.43. The van der Waals surface area contributed by atoms with Gasteiger partial charge in [0.1, 0.15) is 11.5 Å². The molecule has 2 heterocycles. The van der Waals surface area contributed by atoms with Crippen LogP contribution in [0.5, 0.6) is 0 Å². The van der Waals surface area contributed by atoms with Crippen LogP contribution < -0.4 is 0 Å². The van der Waals surface area contributed by atoms with E-state index in [9.17, 15) is 17.6 Å². The van der Waals surface area contributed by atoms with Crippen LogP contribution in [0.2, 0.25) is 0 Å². The van der Waals surface area contributed by atoms with Gasteiger partial charge in [-0.1, -0.05) is 17.3 Å². The van der Waals surface area contributed by atoms with Crippen LogP contribution >= 0.6 is 0 Å². The maximum atomic E-state index is 13.1. The molecular weight excluding hydrogens is 420 g/mol. The first kappa shape index (κ1) is 23.1. The number of rotatable bonds is 6. The molecule has 0 radical (unpaired) electrons. The SMILES string of the molecule is COCC1c2nnn(CC3CC3)c2CCN1Cc1ccc(F)cc1.O=C(O)C(F)(F)F. The van der Waals surface area contributed by atoms with Gasteiger partial charge in [0.05, 0.1) is 18.3 Å². The Balaban J connectivity index is 0.000000339. The summed E-state index contributed by atoms with van der Waals surface area (Å²) in [7, 11) is 1.72. The summed E-state index contributed by atoms with van der Waals surface area (Å²) >= 11 is 0. The summed E-state index contributed by atoms with van der Waals surface area (Å²) in [4.78, 5) is 11.3. The van der Waals surface area contributed by atoms with Gasteiger partial charge in [0.25, 0.3) is 0 Å². The zero-order valence-electron chi connectivity index (χ0n) is 17.0. The largest absolute Gasteiger partial charge is 0.490 e. The number of aliphatic carboxylic acids is 1. The number of carboxylic acid groups (broad SMARTS) is 1. The third kappa shape index (κ3) is 6.23. The molecule has 11 heteroatoms. The molecule has 1 aromatic carbocycles. The maximum Gasteiger partial charge on any atom is 0.490 e. The van der Waals surface area contributed by atoms with E-state index >= 15 is 0 Å². The number of nitrogens with zero attached hydrogens (tertiary/aromatic N) is 4. The van der Waals surface area contributed by atoms with E-state index in [0.717, 1.165) is 43.2 Å². The summed E-state index contributed by atoms with van der Waals surface area (Å²) < 4.78 is 52.4. The van der Waals surface area contributed by atoms with Crippen molar-refractivity contribution in [1.82, 2.24) is 19.9 Å². The number of hydrogen-bond donors (Lipinski definition) is 1. The Kier molecular flexibility index (Phi) is 7.26. The van der Waals surface area contributed by atoms with Gasteiger partial charge >= 0.3 is 12.1 Å². The number of hydrogen-bond acceptors (Lipinski definition) is 5. The van der Waals surface area contributed by atoms with Gasteiger partial charge < -0.3 is 9.84 Å². The number of alkyl halides is 3. The Morgan fingerprint density at radius 3 is 2.45 bits per heavy atom. The standard InChI is InChI=1S/C18H23FN4O.C2HF3O2/c1-24-12-17-18-16(23(21-20-18)11-14-2-3-14)8-9-22(17)10-13-4-6-15(19)7-5-13;3-2(4,5)1(6)7/h4-7,14,17H,2-3,8-12H2,1H3;(H,6,7). The molecule has 0 bridgehead atoms. The molecule has 0 spiro atoms. The van der Waals surface area contributed by atoms with E-state index < -0.39 is 12.1 Å². The lowest BCUT2D eigenvalue weighted by Gasteiger charge is -2.34. The molecule has 4 rings (SSSR count). The molecule has 1 unspecified atom stereocenters. The highest BCUT2D eigenvalue weighted by atomic mass is 19.4. The van der Waals surface area contributed by atoms with Gasteiger partial charge in [-0.25, -0.2) is 13.9 Å². The monoisotopic (exact) mass is 444 g/mol. The number of methoxy groups -OCH3 is 1. The van der Waals surface area contributed by atoms with Crippen LogP contribution in [0.4, 0.5) is 17.6 Å². The fraction of sp³-hybridized carbons (Fsp3) is 0.550. The Morgan fingerprint density at radius 1 is 1.26 bits per heavy atom. The van der Waals surface area contributed by atoms with Crippen molar-refractivity contribution in [3.05, 3.63) is 47.0 Å². The number of carboxylic acids is 1. The predicted octanol–water partition coefficient (Wildman–Crippen LogP) is 3.21. The number of carbonyl (C=O) groups is 1. The second-order valence-corrected chi connectivity index (χ2v) is 7.67. The number of ether oxygens (including phenoxy) is 1. The molecule has 0 amide bonds. The predicted molar refractivity (Wildman–Crippen MR) is 102 cm³/mol. The van der Waals surface area contributed by atoms with Crippen molar-refractivity contribution in [3.8, 4) is 0 Å². The third-order valence-corrected chi connectivity index (χ3v) is 5.25. The zero-order valence-corrected chi connectivity index (χ0v) is 17.0. The molecule has 1 saturated carbocycles. The van der Waals surface area contributed by atoms with Crippen molar-refractivity contribution in [1.29, 1.82) is 0 Å². The zero-order chi connectivity index (χ0) is 22.6. The first-order chi connectivity index (χ1) is 14.7. The lowest BCUT2D eigenvalue weighted by molar-refractivity contribution is -0.192. The summed E-state index contributed by atoms with van der Waals surface area (Å²) in [5.41, 5.74) is 3.41. The molecule has 7 nitrogen and oxygen atoms in total. The number of benzene rings is 1. The van der Waals surface area contributed by atoms with Crippen LogP contribution in [0.15, 0.2) is 24.3 Å². The van der Waals surface area contributed by atoms with Crippen LogP contribution in [0.3, 0.4) is 0 Å². The van der Waals surface area contributed by atoms with Crippen molar-refractivity contribution in [2.45, 2.75) is 44.6 Å². The van der Waals surface area contributed by atoms with Crippen LogP contribution in [-0.2, 0) is 29.0 Å². The average molecular weight is 444 g/mol. The van der Waals surface area contributed by atoms with Crippen LogP contribution in [-0.4, -0.2) is 57.4 Å². The van der Waals surface area contributed by atoms with Gasteiger partial charge in [0.2, 0.25) is 0 Å². The fourth-order valence-corrected chi connectivity index (χ4v) is 3.49. The minimum atomic E-state index is -5.08. The lowest BCUT2D eigenvalue weighted by Crippen LogP contribution is -2.38. The summed E-state index contributed by atoms with van der Waals surface area (Å²) in [6.07, 6.45) is -1.50. The second-order valence-electron chi connectivity index (χ2n) is 7.67. The molecule has 1 aromatic heterocycles. The van der Waals surface area contributed by atoms with Gasteiger partial charge in [0, 0.05) is 33.2 Å². The highest BCUT2D eigenvalue weighted by Gasteiger charge is 2.38. The molecule has 170 valence electrons. The van der Waals surface area contributed by atoms with Crippen molar-refractivity contribution >= 4 is 5.97 Å². The van der Waals surface area contributed by atoms with Gasteiger partial charge in [-0.3, -0.25) is 4.90 Å². The smallest absolute Gasteiger partial charge is 0.475 e. The summed E-state index contributed by atoms with van der Waals surface area (Å²) in [6.45, 7) is 3.30. The Morgan fingerprint density at radius 2 is 1.90 bits per heavy atom. The van der Waals surface area contributed by atoms with Gasteiger partial charge in [0.15, 0.2) is 0 Å². The molecule has 2 aliphatic rings. The molecule has 1 N–H and O–H groups in total. The molecule has 1 atom stereocenters. The quantitative estimate of drug-likeness (QED) is 0.690. The minimum absolute atomic E-state index is 0.108. The summed E-state index contributed by atoms with van der Waals surface area (Å²) in [5.74, 6) is -2.17. The number of halogens is 4. The van der Waals surface area contributed by atoms with Gasteiger partial charge in [-0.05, 0) is 36.5 Å². The molecule has 2 aromatic rings. The molecule has 31 heavy (non-hydrogen) atoms. The van der Waals surface area contributed by atoms with Crippen LogP contribution in [0.1, 0.15) is 35.8 Å². The van der Waals surface area contributed by atoms with E-state index in [1.54, 1.807) is 7.11 Å². The van der Waals surface area contributed by atoms with Crippen LogP contribution in [0.25, 0.3) is 0 Å². The van der Waals surface area contributed by atoms with Crippen molar-refractivity contribution in [2.75, 3.05) is 20.3 Å². The van der Waals surface area contributed by atoms with Crippen molar-refractivity contribution < 1.29 is 32.2 Å². The number of fused-ring (bicyclic) bond motifs is 1. The molecule has 1 aliphatic carbocycles. The van der Waals surface area contributed by atoms with Crippen molar-refractivity contribution in [2.24, 2.45) is 5.92 Å². The highest BCUT2D eigenvalue weighted by Crippen LogP contribution is 2.34. The second kappa shape index (κ2) is 9.73. The lowest BCUT2D eigenvalue weighted by atomic mass is 10.0. The van der Waals surface area contributed by atoms with Crippen LogP contribution in [0, 0.1) is 11.7 Å². The summed E-state index contributed by atoms with van der Waals surface area (Å²) in [5, 5.41) is 16.0. The van der Waals surface area contributed by atoms with Crippen molar-refractivity contribution in [3.63, 3.8) is 0 Å².